The molecule has 2 aliphatic rings. The molecule has 2 amide bonds. The minimum absolute atomic E-state index is 0.232. The van der Waals surface area contributed by atoms with Crippen LogP contribution in [0, 0.1) is 0 Å². The Bertz CT molecular complexity index is 907. The summed E-state index contributed by atoms with van der Waals surface area (Å²) in [6, 6.07) is 5.28. The van der Waals surface area contributed by atoms with E-state index < -0.39 is 11.9 Å². The van der Waals surface area contributed by atoms with Gasteiger partial charge in [0.1, 0.15) is 6.04 Å². The number of carbonyl (C=O) groups excluding carboxylic acids is 2. The molecule has 4 rings (SSSR count). The van der Waals surface area contributed by atoms with Crippen molar-refractivity contribution in [3.8, 4) is 0 Å². The molecule has 0 spiro atoms. The van der Waals surface area contributed by atoms with Gasteiger partial charge in [-0.1, -0.05) is 6.07 Å². The summed E-state index contributed by atoms with van der Waals surface area (Å²) < 4.78 is 3.09. The number of rotatable bonds is 3. The number of aromatic nitrogens is 2. The van der Waals surface area contributed by atoms with E-state index in [4.69, 9.17) is 0 Å². The molecule has 0 saturated carbocycles. The van der Waals surface area contributed by atoms with Gasteiger partial charge in [0, 0.05) is 39.8 Å². The molecule has 2 aromatic rings. The van der Waals surface area contributed by atoms with Gasteiger partial charge in [0.25, 0.3) is 0 Å². The number of carbonyl (C=O) groups is 2. The van der Waals surface area contributed by atoms with Gasteiger partial charge < -0.3 is 5.32 Å². The fraction of sp³-hybridized carbons (Fsp3) is 0.471. The fourth-order valence-corrected chi connectivity index (χ4v) is 3.68. The molecule has 2 saturated heterocycles. The van der Waals surface area contributed by atoms with Crippen molar-refractivity contribution in [1.29, 1.82) is 0 Å². The van der Waals surface area contributed by atoms with Gasteiger partial charge in [0.2, 0.25) is 11.8 Å². The lowest BCUT2D eigenvalue weighted by Gasteiger charge is -2.22. The number of aryl methyl sites for hydroxylation is 1. The zero-order valence-electron chi connectivity index (χ0n) is 14.1. The number of fused-ring (bicyclic) bond motifs is 1. The van der Waals surface area contributed by atoms with E-state index >= 15 is 0 Å². The first-order valence-electron chi connectivity index (χ1n) is 8.51. The normalized spacial score (nSPS) is 21.9. The topological polar surface area (TPSA) is 88.4 Å². The Morgan fingerprint density at radius 3 is 2.76 bits per heavy atom. The molecule has 0 aliphatic carbocycles. The van der Waals surface area contributed by atoms with E-state index in [0.29, 0.717) is 6.42 Å². The molecule has 1 aromatic carbocycles. The van der Waals surface area contributed by atoms with Gasteiger partial charge in [-0.3, -0.25) is 28.9 Å². The highest BCUT2D eigenvalue weighted by molar-refractivity contribution is 6.00. The van der Waals surface area contributed by atoms with Crippen LogP contribution in [0.25, 0.3) is 11.0 Å². The summed E-state index contributed by atoms with van der Waals surface area (Å²) in [6.07, 6.45) is 0.601. The van der Waals surface area contributed by atoms with Gasteiger partial charge in [-0.2, -0.15) is 0 Å². The van der Waals surface area contributed by atoms with Gasteiger partial charge in [-0.15, -0.1) is 0 Å². The Labute approximate surface area is 144 Å². The van der Waals surface area contributed by atoms with Crippen molar-refractivity contribution in [3.63, 3.8) is 0 Å². The van der Waals surface area contributed by atoms with Crippen molar-refractivity contribution in [1.82, 2.24) is 24.7 Å². The quantitative estimate of drug-likeness (QED) is 0.746. The van der Waals surface area contributed by atoms with Crippen molar-refractivity contribution < 1.29 is 9.59 Å². The lowest BCUT2D eigenvalue weighted by atomic mass is 10.1. The van der Waals surface area contributed by atoms with E-state index in [2.05, 4.69) is 15.5 Å². The molecule has 2 fully saturated rings. The molecule has 25 heavy (non-hydrogen) atoms. The summed E-state index contributed by atoms with van der Waals surface area (Å²) in [7, 11) is 1.72. The van der Waals surface area contributed by atoms with E-state index in [-0.39, 0.29) is 18.0 Å². The van der Waals surface area contributed by atoms with Crippen LogP contribution in [0.5, 0.6) is 0 Å². The second-order valence-corrected chi connectivity index (χ2v) is 6.71. The number of hydrogen-bond donors (Lipinski definition) is 2. The Morgan fingerprint density at radius 1 is 1.20 bits per heavy atom. The van der Waals surface area contributed by atoms with Gasteiger partial charge in [0.15, 0.2) is 0 Å². The van der Waals surface area contributed by atoms with Crippen molar-refractivity contribution in [2.45, 2.75) is 25.4 Å². The van der Waals surface area contributed by atoms with Crippen LogP contribution in [0.15, 0.2) is 23.0 Å². The summed E-state index contributed by atoms with van der Waals surface area (Å²) in [5.74, 6) is -0.686. The van der Waals surface area contributed by atoms with Gasteiger partial charge in [-0.05, 0) is 24.1 Å². The van der Waals surface area contributed by atoms with Gasteiger partial charge in [0.05, 0.1) is 11.0 Å². The van der Waals surface area contributed by atoms with E-state index in [1.165, 1.54) is 4.57 Å². The number of piperidine rings is 1. The average Bonchev–Trinajstić information content (AvgIpc) is 3.17. The van der Waals surface area contributed by atoms with E-state index in [9.17, 15) is 14.4 Å². The third kappa shape index (κ3) is 2.77. The molecule has 2 aliphatic heterocycles. The number of benzene rings is 1. The highest BCUT2D eigenvalue weighted by atomic mass is 16.2. The minimum Gasteiger partial charge on any atom is -0.303 e. The predicted molar refractivity (Wildman–Crippen MR) is 91.9 cm³/mol. The average molecular weight is 343 g/mol. The maximum Gasteiger partial charge on any atom is 0.329 e. The maximum atomic E-state index is 12.7. The molecule has 1 aromatic heterocycles. The summed E-state index contributed by atoms with van der Waals surface area (Å²) in [5.41, 5.74) is 2.43. The number of amides is 2. The van der Waals surface area contributed by atoms with Crippen LogP contribution in [-0.4, -0.2) is 45.6 Å². The number of imide groups is 1. The van der Waals surface area contributed by atoms with Gasteiger partial charge in [-0.25, -0.2) is 4.79 Å². The molecule has 3 heterocycles. The fourth-order valence-electron chi connectivity index (χ4n) is 3.68. The summed E-state index contributed by atoms with van der Waals surface area (Å²) in [5, 5.41) is 5.63. The smallest absolute Gasteiger partial charge is 0.303 e. The van der Waals surface area contributed by atoms with Gasteiger partial charge >= 0.3 is 5.69 Å². The highest BCUT2D eigenvalue weighted by Gasteiger charge is 2.31. The number of hydrogen-bond acceptors (Lipinski definition) is 5. The van der Waals surface area contributed by atoms with E-state index in [0.717, 1.165) is 42.9 Å². The Morgan fingerprint density at radius 2 is 2.04 bits per heavy atom. The van der Waals surface area contributed by atoms with Crippen LogP contribution >= 0.6 is 0 Å². The first-order valence-corrected chi connectivity index (χ1v) is 8.51. The monoisotopic (exact) mass is 343 g/mol. The highest BCUT2D eigenvalue weighted by Crippen LogP contribution is 2.24. The molecule has 8 heteroatoms. The minimum atomic E-state index is -0.637. The van der Waals surface area contributed by atoms with Crippen LogP contribution in [0.1, 0.15) is 24.4 Å². The van der Waals surface area contributed by atoms with Crippen molar-refractivity contribution in [2.24, 2.45) is 7.05 Å². The summed E-state index contributed by atoms with van der Waals surface area (Å²) in [4.78, 5) is 38.6. The molecular weight excluding hydrogens is 322 g/mol. The molecular formula is C17H21N5O3. The van der Waals surface area contributed by atoms with Crippen molar-refractivity contribution in [2.75, 3.05) is 19.8 Å². The third-order valence-electron chi connectivity index (χ3n) is 5.02. The second-order valence-electron chi connectivity index (χ2n) is 6.71. The molecule has 0 radical (unpaired) electrons. The lowest BCUT2D eigenvalue weighted by Crippen LogP contribution is -2.44. The van der Waals surface area contributed by atoms with E-state index in [1.54, 1.807) is 11.6 Å². The Balaban J connectivity index is 1.73. The molecule has 1 unspecified atom stereocenters. The lowest BCUT2D eigenvalue weighted by molar-refractivity contribution is -0.135. The maximum absolute atomic E-state index is 12.7. The van der Waals surface area contributed by atoms with Crippen LogP contribution in [0.4, 0.5) is 0 Å². The zero-order valence-corrected chi connectivity index (χ0v) is 14.1. The molecule has 2 N–H and O–H groups in total. The summed E-state index contributed by atoms with van der Waals surface area (Å²) in [6.45, 7) is 3.69. The van der Waals surface area contributed by atoms with Crippen LogP contribution in [0.2, 0.25) is 0 Å². The first-order chi connectivity index (χ1) is 12.0. The van der Waals surface area contributed by atoms with Crippen molar-refractivity contribution >= 4 is 22.8 Å². The number of nitrogens with zero attached hydrogens (tertiary/aromatic N) is 3. The number of imidazole rings is 1. The van der Waals surface area contributed by atoms with Crippen LogP contribution < -0.4 is 16.3 Å². The SMILES string of the molecule is Cn1c(=O)n(C2CCC(=O)NC2=O)c2ccc(CN3CCNC3)cc21. The molecule has 0 bridgehead atoms. The standard InChI is InChI=1S/C17H21N5O3/c1-20-14-8-11(9-21-7-6-18-10-21)2-3-12(14)22(17(20)25)13-4-5-15(23)19-16(13)24/h2-3,8,13,18H,4-7,9-10H2,1H3,(H,19,23,24). The Hall–Kier alpha value is -2.45. The zero-order chi connectivity index (χ0) is 17.6. The number of nitrogens with one attached hydrogen (secondary N) is 2. The van der Waals surface area contributed by atoms with Crippen molar-refractivity contribution in [3.05, 3.63) is 34.2 Å². The molecule has 8 nitrogen and oxygen atoms in total. The van der Waals surface area contributed by atoms with Crippen LogP contribution in [-0.2, 0) is 23.2 Å². The predicted octanol–water partition coefficient (Wildman–Crippen LogP) is -0.320. The first kappa shape index (κ1) is 16.0. The van der Waals surface area contributed by atoms with Crippen LogP contribution in [0.3, 0.4) is 0 Å². The molecule has 132 valence electrons. The summed E-state index contributed by atoms with van der Waals surface area (Å²) >= 11 is 0. The second kappa shape index (κ2) is 6.12. The van der Waals surface area contributed by atoms with E-state index in [1.807, 2.05) is 18.2 Å². The largest absolute Gasteiger partial charge is 0.329 e. The molecule has 1 atom stereocenters. The third-order valence-corrected chi connectivity index (χ3v) is 5.02. The Kier molecular flexibility index (Phi) is 3.93.